The zero-order valence-corrected chi connectivity index (χ0v) is 14.0. The molecule has 1 aliphatic carbocycles. The van der Waals surface area contributed by atoms with Gasteiger partial charge >= 0.3 is 0 Å². The third kappa shape index (κ3) is 3.52. The van der Waals surface area contributed by atoms with E-state index in [0.29, 0.717) is 24.0 Å². The van der Waals surface area contributed by atoms with Gasteiger partial charge in [-0.05, 0) is 25.7 Å². The van der Waals surface area contributed by atoms with Gasteiger partial charge in [0.05, 0.1) is 0 Å². The summed E-state index contributed by atoms with van der Waals surface area (Å²) in [6.07, 6.45) is 12.6. The fraction of sp³-hybridized carbons (Fsp3) is 0.429. The quantitative estimate of drug-likeness (QED) is 0.341. The van der Waals surface area contributed by atoms with Crippen LogP contribution in [0, 0.1) is 5.41 Å². The van der Waals surface area contributed by atoms with Gasteiger partial charge in [0, 0.05) is 11.1 Å². The predicted molar refractivity (Wildman–Crippen MR) is 94.9 cm³/mol. The molecule has 0 aliphatic heterocycles. The van der Waals surface area contributed by atoms with Crippen molar-refractivity contribution < 1.29 is 9.59 Å². The second-order valence-electron chi connectivity index (χ2n) is 6.30. The van der Waals surface area contributed by atoms with Crippen LogP contribution < -0.4 is 0 Å². The van der Waals surface area contributed by atoms with E-state index in [1.54, 1.807) is 18.2 Å². The molecular formula is C21H26O2. The third-order valence-electron chi connectivity index (χ3n) is 4.64. The molecule has 1 aliphatic rings. The zero-order chi connectivity index (χ0) is 16.7. The molecule has 0 aromatic heterocycles. The minimum absolute atomic E-state index is 0.0476. The molecule has 0 unspecified atom stereocenters. The molecule has 0 saturated heterocycles. The van der Waals surface area contributed by atoms with Crippen LogP contribution in [0.15, 0.2) is 49.1 Å². The molecule has 1 aromatic rings. The molecule has 122 valence electrons. The van der Waals surface area contributed by atoms with Gasteiger partial charge in [-0.2, -0.15) is 0 Å². The number of rotatable bonds is 9. The highest BCUT2D eigenvalue weighted by Crippen LogP contribution is 2.42. The summed E-state index contributed by atoms with van der Waals surface area (Å²) in [6.45, 7) is 5.95. The van der Waals surface area contributed by atoms with Crippen molar-refractivity contribution in [1.82, 2.24) is 0 Å². The Labute approximate surface area is 139 Å². The van der Waals surface area contributed by atoms with Crippen LogP contribution in [0.5, 0.6) is 0 Å². The van der Waals surface area contributed by atoms with Crippen LogP contribution in [0.3, 0.4) is 0 Å². The molecule has 1 aromatic carbocycles. The smallest absolute Gasteiger partial charge is 0.178 e. The van der Waals surface area contributed by atoms with Crippen molar-refractivity contribution in [3.8, 4) is 0 Å². The number of hydrogen-bond donors (Lipinski definition) is 0. The maximum absolute atomic E-state index is 12.8. The number of benzene rings is 1. The van der Waals surface area contributed by atoms with Crippen molar-refractivity contribution in [1.29, 1.82) is 0 Å². The Hall–Kier alpha value is -1.96. The van der Waals surface area contributed by atoms with Gasteiger partial charge in [0.1, 0.15) is 5.41 Å². The molecule has 0 spiro atoms. The fourth-order valence-electron chi connectivity index (χ4n) is 3.29. The van der Waals surface area contributed by atoms with E-state index in [1.165, 1.54) is 25.7 Å². The summed E-state index contributed by atoms with van der Waals surface area (Å²) in [5, 5.41) is 0. The molecular weight excluding hydrogens is 284 g/mol. The van der Waals surface area contributed by atoms with Crippen LogP contribution in [0.1, 0.15) is 72.6 Å². The minimum atomic E-state index is -0.967. The zero-order valence-electron chi connectivity index (χ0n) is 14.0. The maximum atomic E-state index is 12.8. The normalized spacial score (nSPS) is 16.0. The van der Waals surface area contributed by atoms with Crippen molar-refractivity contribution >= 4 is 11.6 Å². The molecule has 0 bridgehead atoms. The summed E-state index contributed by atoms with van der Waals surface area (Å²) in [5.41, 5.74) is 0.164. The molecule has 2 rings (SSSR count). The van der Waals surface area contributed by atoms with E-state index >= 15 is 0 Å². The first-order chi connectivity index (χ1) is 11.2. The average Bonchev–Trinajstić information content (AvgIpc) is 2.77. The molecule has 0 radical (unpaired) electrons. The van der Waals surface area contributed by atoms with Crippen LogP contribution >= 0.6 is 0 Å². The van der Waals surface area contributed by atoms with Gasteiger partial charge in [0.15, 0.2) is 11.6 Å². The molecule has 0 amide bonds. The lowest BCUT2D eigenvalue weighted by molar-refractivity contribution is 0.0703. The van der Waals surface area contributed by atoms with E-state index in [1.807, 2.05) is 18.2 Å². The van der Waals surface area contributed by atoms with Crippen LogP contribution in [-0.2, 0) is 0 Å². The maximum Gasteiger partial charge on any atom is 0.178 e. The van der Waals surface area contributed by atoms with Crippen molar-refractivity contribution in [2.24, 2.45) is 5.41 Å². The number of carbonyl (C=O) groups excluding carboxylic acids is 2. The molecule has 2 nitrogen and oxygen atoms in total. The van der Waals surface area contributed by atoms with Crippen molar-refractivity contribution in [3.05, 3.63) is 60.2 Å². The van der Waals surface area contributed by atoms with Crippen LogP contribution in [-0.4, -0.2) is 11.6 Å². The Kier molecular flexibility index (Phi) is 6.09. The highest BCUT2D eigenvalue weighted by Gasteiger charge is 2.50. The first kappa shape index (κ1) is 17.4. The topological polar surface area (TPSA) is 34.1 Å². The molecule has 23 heavy (non-hydrogen) atoms. The number of fused-ring (bicyclic) bond motifs is 1. The van der Waals surface area contributed by atoms with E-state index in [0.717, 1.165) is 6.42 Å². The molecule has 0 atom stereocenters. The van der Waals surface area contributed by atoms with Gasteiger partial charge in [0.2, 0.25) is 0 Å². The number of Topliss-reactive ketones (excluding diaryl/α,β-unsaturated/α-hetero) is 2. The SMILES string of the molecule is C=CCC1(CC=CCCCCCC)C(=O)c2ccccc2C1=O. The largest absolute Gasteiger partial charge is 0.293 e. The van der Waals surface area contributed by atoms with E-state index in [2.05, 4.69) is 19.6 Å². The monoisotopic (exact) mass is 310 g/mol. The number of unbranched alkanes of at least 4 members (excludes halogenated alkanes) is 4. The van der Waals surface area contributed by atoms with Gasteiger partial charge in [-0.25, -0.2) is 0 Å². The summed E-state index contributed by atoms with van der Waals surface area (Å²) in [5.74, 6) is -0.0951. The summed E-state index contributed by atoms with van der Waals surface area (Å²) >= 11 is 0. The molecule has 0 N–H and O–H groups in total. The predicted octanol–water partition coefficient (Wildman–Crippen LogP) is 5.54. The van der Waals surface area contributed by atoms with Crippen LogP contribution in [0.25, 0.3) is 0 Å². The van der Waals surface area contributed by atoms with Crippen molar-refractivity contribution in [2.45, 2.75) is 51.9 Å². The van der Waals surface area contributed by atoms with E-state index < -0.39 is 5.41 Å². The summed E-state index contributed by atoms with van der Waals surface area (Å²) < 4.78 is 0. The summed E-state index contributed by atoms with van der Waals surface area (Å²) in [6, 6.07) is 7.15. The second-order valence-corrected chi connectivity index (χ2v) is 6.30. The van der Waals surface area contributed by atoms with E-state index in [9.17, 15) is 9.59 Å². The standard InChI is InChI=1S/C21H26O2/c1-3-5-6-7-8-9-12-16-21(15-4-2)19(22)17-13-10-11-14-18(17)20(21)23/h4,9-14H,2-3,5-8,15-16H2,1H3. The highest BCUT2D eigenvalue weighted by atomic mass is 16.2. The van der Waals surface area contributed by atoms with Crippen LogP contribution in [0.4, 0.5) is 0 Å². The summed E-state index contributed by atoms with van der Waals surface area (Å²) in [4.78, 5) is 25.6. The van der Waals surface area contributed by atoms with Gasteiger partial charge in [-0.15, -0.1) is 6.58 Å². The number of hydrogen-bond acceptors (Lipinski definition) is 2. The minimum Gasteiger partial charge on any atom is -0.293 e. The Morgan fingerprint density at radius 2 is 1.61 bits per heavy atom. The fourth-order valence-corrected chi connectivity index (χ4v) is 3.29. The van der Waals surface area contributed by atoms with Gasteiger partial charge in [0.25, 0.3) is 0 Å². The Morgan fingerprint density at radius 3 is 2.17 bits per heavy atom. The van der Waals surface area contributed by atoms with E-state index in [4.69, 9.17) is 0 Å². The van der Waals surface area contributed by atoms with Gasteiger partial charge < -0.3 is 0 Å². The third-order valence-corrected chi connectivity index (χ3v) is 4.64. The lowest BCUT2D eigenvalue weighted by Gasteiger charge is -2.22. The Bertz CT molecular complexity index is 575. The molecule has 0 fully saturated rings. The first-order valence-electron chi connectivity index (χ1n) is 8.62. The summed E-state index contributed by atoms with van der Waals surface area (Å²) in [7, 11) is 0. The molecule has 2 heteroatoms. The van der Waals surface area contributed by atoms with Crippen molar-refractivity contribution in [3.63, 3.8) is 0 Å². The number of carbonyl (C=O) groups is 2. The van der Waals surface area contributed by atoms with Gasteiger partial charge in [-0.1, -0.05) is 68.7 Å². The molecule has 0 heterocycles. The lowest BCUT2D eigenvalue weighted by atomic mass is 9.76. The highest BCUT2D eigenvalue weighted by molar-refractivity contribution is 6.29. The number of ketones is 2. The lowest BCUT2D eigenvalue weighted by Crippen LogP contribution is -2.32. The van der Waals surface area contributed by atoms with Gasteiger partial charge in [-0.3, -0.25) is 9.59 Å². The average molecular weight is 310 g/mol. The molecule has 0 saturated carbocycles. The number of allylic oxidation sites excluding steroid dienone is 3. The first-order valence-corrected chi connectivity index (χ1v) is 8.62. The Balaban J connectivity index is 2.09. The van der Waals surface area contributed by atoms with Crippen LogP contribution in [0.2, 0.25) is 0 Å². The second kappa shape index (κ2) is 8.05. The Morgan fingerprint density at radius 1 is 0.957 bits per heavy atom. The van der Waals surface area contributed by atoms with Crippen molar-refractivity contribution in [2.75, 3.05) is 0 Å². The van der Waals surface area contributed by atoms with E-state index in [-0.39, 0.29) is 11.6 Å².